The van der Waals surface area contributed by atoms with Crippen molar-refractivity contribution in [3.8, 4) is 0 Å². The summed E-state index contributed by atoms with van der Waals surface area (Å²) in [7, 11) is 0. The number of pyridine rings is 1. The first-order valence-electron chi connectivity index (χ1n) is 4.76. The SMILES string of the molecule is CCCN=CCC(=O)c1cccnc1. The van der Waals surface area contributed by atoms with E-state index in [0.717, 1.165) is 13.0 Å². The Balaban J connectivity index is 2.44. The summed E-state index contributed by atoms with van der Waals surface area (Å²) in [6, 6.07) is 3.53. The molecule has 0 unspecified atom stereocenters. The number of hydrogen-bond acceptors (Lipinski definition) is 3. The highest BCUT2D eigenvalue weighted by atomic mass is 16.1. The molecule has 74 valence electrons. The van der Waals surface area contributed by atoms with Gasteiger partial charge in [-0.15, -0.1) is 0 Å². The van der Waals surface area contributed by atoms with E-state index in [9.17, 15) is 4.79 Å². The smallest absolute Gasteiger partial charge is 0.169 e. The molecule has 0 aliphatic rings. The van der Waals surface area contributed by atoms with Gasteiger partial charge in [0.25, 0.3) is 0 Å². The minimum Gasteiger partial charge on any atom is -0.297 e. The second-order valence-corrected chi connectivity index (χ2v) is 2.96. The summed E-state index contributed by atoms with van der Waals surface area (Å²) >= 11 is 0. The van der Waals surface area contributed by atoms with Crippen LogP contribution in [0.4, 0.5) is 0 Å². The molecule has 0 aromatic carbocycles. The maximum Gasteiger partial charge on any atom is 0.169 e. The second-order valence-electron chi connectivity index (χ2n) is 2.96. The Bertz CT molecular complexity index is 306. The molecule has 14 heavy (non-hydrogen) atoms. The fourth-order valence-electron chi connectivity index (χ4n) is 1.01. The minimum atomic E-state index is 0.0675. The zero-order valence-electron chi connectivity index (χ0n) is 8.31. The van der Waals surface area contributed by atoms with Crippen molar-refractivity contribution < 1.29 is 4.79 Å². The van der Waals surface area contributed by atoms with Crippen LogP contribution < -0.4 is 0 Å². The number of ketones is 1. The number of carbonyl (C=O) groups is 1. The zero-order chi connectivity index (χ0) is 10.2. The van der Waals surface area contributed by atoms with Gasteiger partial charge in [0, 0.05) is 37.1 Å². The van der Waals surface area contributed by atoms with E-state index in [1.54, 1.807) is 30.7 Å². The molecule has 0 fully saturated rings. The Morgan fingerprint density at radius 3 is 3.14 bits per heavy atom. The van der Waals surface area contributed by atoms with Crippen LogP contribution in [0.2, 0.25) is 0 Å². The molecule has 0 saturated heterocycles. The first-order valence-corrected chi connectivity index (χ1v) is 4.76. The van der Waals surface area contributed by atoms with E-state index in [4.69, 9.17) is 0 Å². The van der Waals surface area contributed by atoms with Crippen LogP contribution in [-0.2, 0) is 0 Å². The number of aliphatic imine (C=N–C) groups is 1. The van der Waals surface area contributed by atoms with Gasteiger partial charge in [-0.1, -0.05) is 6.92 Å². The van der Waals surface area contributed by atoms with Crippen molar-refractivity contribution in [2.45, 2.75) is 19.8 Å². The number of rotatable bonds is 5. The molecule has 0 atom stereocenters. The van der Waals surface area contributed by atoms with E-state index in [2.05, 4.69) is 16.9 Å². The monoisotopic (exact) mass is 190 g/mol. The van der Waals surface area contributed by atoms with Crippen molar-refractivity contribution in [1.29, 1.82) is 0 Å². The third kappa shape index (κ3) is 3.47. The molecule has 0 aliphatic carbocycles. The van der Waals surface area contributed by atoms with Crippen molar-refractivity contribution in [2.75, 3.05) is 6.54 Å². The van der Waals surface area contributed by atoms with E-state index < -0.39 is 0 Å². The first-order chi connectivity index (χ1) is 6.84. The van der Waals surface area contributed by atoms with Crippen LogP contribution in [-0.4, -0.2) is 23.5 Å². The Morgan fingerprint density at radius 1 is 1.64 bits per heavy atom. The van der Waals surface area contributed by atoms with Gasteiger partial charge in [0.05, 0.1) is 0 Å². The quantitative estimate of drug-likeness (QED) is 0.527. The number of Topliss-reactive ketones (excluding diaryl/α,β-unsaturated/α-hetero) is 1. The molecule has 1 heterocycles. The lowest BCUT2D eigenvalue weighted by Gasteiger charge is -1.94. The second kappa shape index (κ2) is 6.02. The van der Waals surface area contributed by atoms with Crippen LogP contribution in [0.5, 0.6) is 0 Å². The molecule has 0 aliphatic heterocycles. The Hall–Kier alpha value is -1.51. The zero-order valence-corrected chi connectivity index (χ0v) is 8.31. The number of carbonyl (C=O) groups excluding carboxylic acids is 1. The van der Waals surface area contributed by atoms with Crippen LogP contribution in [0.15, 0.2) is 29.5 Å². The van der Waals surface area contributed by atoms with Gasteiger partial charge in [0.1, 0.15) is 0 Å². The van der Waals surface area contributed by atoms with E-state index in [1.807, 2.05) is 0 Å². The van der Waals surface area contributed by atoms with Gasteiger partial charge >= 0.3 is 0 Å². The van der Waals surface area contributed by atoms with E-state index >= 15 is 0 Å². The molecule has 1 aromatic rings. The molecule has 1 rings (SSSR count). The van der Waals surface area contributed by atoms with Crippen LogP contribution in [0, 0.1) is 0 Å². The van der Waals surface area contributed by atoms with E-state index in [0.29, 0.717) is 12.0 Å². The molecule has 1 aromatic heterocycles. The summed E-state index contributed by atoms with van der Waals surface area (Å²) < 4.78 is 0. The molecule has 0 saturated carbocycles. The summed E-state index contributed by atoms with van der Waals surface area (Å²) in [5.74, 6) is 0.0675. The van der Waals surface area contributed by atoms with Gasteiger partial charge in [0.2, 0.25) is 0 Å². The van der Waals surface area contributed by atoms with Crippen LogP contribution >= 0.6 is 0 Å². The van der Waals surface area contributed by atoms with Crippen molar-refractivity contribution in [3.05, 3.63) is 30.1 Å². The number of aromatic nitrogens is 1. The molecule has 0 spiro atoms. The Morgan fingerprint density at radius 2 is 2.50 bits per heavy atom. The standard InChI is InChI=1S/C11H14N2O/c1-2-6-12-8-5-11(14)10-4-3-7-13-9-10/h3-4,7-9H,2,5-6H2,1H3. The van der Waals surface area contributed by atoms with Crippen molar-refractivity contribution in [2.24, 2.45) is 4.99 Å². The van der Waals surface area contributed by atoms with Crippen LogP contribution in [0.1, 0.15) is 30.1 Å². The lowest BCUT2D eigenvalue weighted by atomic mass is 10.1. The van der Waals surface area contributed by atoms with Gasteiger partial charge in [-0.3, -0.25) is 14.8 Å². The summed E-state index contributed by atoms with van der Waals surface area (Å²) in [5, 5.41) is 0. The predicted octanol–water partition coefficient (Wildman–Crippen LogP) is 2.14. The highest BCUT2D eigenvalue weighted by Gasteiger charge is 2.02. The largest absolute Gasteiger partial charge is 0.297 e. The summed E-state index contributed by atoms with van der Waals surface area (Å²) in [4.78, 5) is 19.5. The average molecular weight is 190 g/mol. The fraction of sp³-hybridized carbons (Fsp3) is 0.364. The third-order valence-corrected chi connectivity index (χ3v) is 1.74. The topological polar surface area (TPSA) is 42.3 Å². The summed E-state index contributed by atoms with van der Waals surface area (Å²) in [6.45, 7) is 2.85. The third-order valence-electron chi connectivity index (χ3n) is 1.74. The van der Waals surface area contributed by atoms with Gasteiger partial charge in [-0.05, 0) is 18.6 Å². The molecule has 0 amide bonds. The summed E-state index contributed by atoms with van der Waals surface area (Å²) in [6.07, 6.45) is 6.29. The fourth-order valence-corrected chi connectivity index (χ4v) is 1.01. The van der Waals surface area contributed by atoms with Gasteiger partial charge < -0.3 is 0 Å². The molecule has 0 radical (unpaired) electrons. The highest BCUT2D eigenvalue weighted by molar-refractivity contribution is 6.03. The Kier molecular flexibility index (Phi) is 4.55. The maximum absolute atomic E-state index is 11.5. The highest BCUT2D eigenvalue weighted by Crippen LogP contribution is 1.99. The van der Waals surface area contributed by atoms with E-state index in [-0.39, 0.29) is 5.78 Å². The number of hydrogen-bond donors (Lipinski definition) is 0. The first kappa shape index (κ1) is 10.6. The lowest BCUT2D eigenvalue weighted by molar-refractivity contribution is 0.100. The summed E-state index contributed by atoms with van der Waals surface area (Å²) in [5.41, 5.74) is 0.649. The molecule has 3 nitrogen and oxygen atoms in total. The van der Waals surface area contributed by atoms with Crippen molar-refractivity contribution in [1.82, 2.24) is 4.98 Å². The molecule has 3 heteroatoms. The van der Waals surface area contributed by atoms with Gasteiger partial charge in [-0.25, -0.2) is 0 Å². The van der Waals surface area contributed by atoms with Crippen LogP contribution in [0.25, 0.3) is 0 Å². The van der Waals surface area contributed by atoms with E-state index in [1.165, 1.54) is 0 Å². The lowest BCUT2D eigenvalue weighted by Crippen LogP contribution is -1.99. The minimum absolute atomic E-state index is 0.0675. The van der Waals surface area contributed by atoms with Crippen molar-refractivity contribution >= 4 is 12.0 Å². The predicted molar refractivity (Wildman–Crippen MR) is 56.8 cm³/mol. The molecule has 0 N–H and O–H groups in total. The number of nitrogens with zero attached hydrogens (tertiary/aromatic N) is 2. The molecular formula is C11H14N2O. The van der Waals surface area contributed by atoms with Crippen molar-refractivity contribution in [3.63, 3.8) is 0 Å². The maximum atomic E-state index is 11.5. The normalized spacial score (nSPS) is 10.6. The average Bonchev–Trinajstić information content (AvgIpc) is 2.25. The molecule has 0 bridgehead atoms. The van der Waals surface area contributed by atoms with Gasteiger partial charge in [-0.2, -0.15) is 0 Å². The van der Waals surface area contributed by atoms with Gasteiger partial charge in [0.15, 0.2) is 5.78 Å². The van der Waals surface area contributed by atoms with Crippen LogP contribution in [0.3, 0.4) is 0 Å². The molecular weight excluding hydrogens is 176 g/mol. The Labute approximate surface area is 83.9 Å².